The van der Waals surface area contributed by atoms with Gasteiger partial charge in [0, 0.05) is 49.8 Å². The van der Waals surface area contributed by atoms with Crippen LogP contribution in [0.25, 0.3) is 10.6 Å². The first-order valence-electron chi connectivity index (χ1n) is 8.46. The number of nitrogens with zero attached hydrogens (tertiary/aromatic N) is 3. The maximum absolute atomic E-state index is 5.44. The molecule has 2 aliphatic heterocycles. The van der Waals surface area contributed by atoms with E-state index in [9.17, 15) is 0 Å². The molecule has 2 aromatic rings. The van der Waals surface area contributed by atoms with E-state index in [1.54, 1.807) is 18.4 Å². The van der Waals surface area contributed by atoms with Gasteiger partial charge in [-0.3, -0.25) is 9.80 Å². The zero-order chi connectivity index (χ0) is 16.4. The smallest absolute Gasteiger partial charge is 0.129 e. The fourth-order valence-corrected chi connectivity index (χ4v) is 4.38. The lowest BCUT2D eigenvalue weighted by Gasteiger charge is -2.46. The normalized spacial score (nSPS) is 20.0. The summed E-state index contributed by atoms with van der Waals surface area (Å²) in [5, 5.41) is 1.03. The van der Waals surface area contributed by atoms with Crippen molar-refractivity contribution in [1.29, 1.82) is 0 Å². The number of hydrogen-bond acceptors (Lipinski definition) is 6. The van der Waals surface area contributed by atoms with Crippen LogP contribution in [0.15, 0.2) is 30.5 Å². The average molecular weight is 345 g/mol. The van der Waals surface area contributed by atoms with Crippen molar-refractivity contribution in [2.24, 2.45) is 0 Å². The van der Waals surface area contributed by atoms with Gasteiger partial charge in [0.15, 0.2) is 0 Å². The van der Waals surface area contributed by atoms with Gasteiger partial charge in [0.2, 0.25) is 0 Å². The minimum Gasteiger partial charge on any atom is -0.496 e. The van der Waals surface area contributed by atoms with Gasteiger partial charge in [-0.15, -0.1) is 11.3 Å². The standard InChI is InChI=1S/C18H23N3O2S/c1-22-17-5-3-2-4-16(17)18-19-10-15(24-18)13-20-11-14(12-20)21-6-8-23-9-7-21/h2-5,10,14H,6-9,11-13H2,1H3. The van der Waals surface area contributed by atoms with Crippen LogP contribution in [0.4, 0.5) is 0 Å². The average Bonchev–Trinajstić information content (AvgIpc) is 3.07. The van der Waals surface area contributed by atoms with Crippen molar-refractivity contribution in [3.8, 4) is 16.3 Å². The molecule has 2 saturated heterocycles. The Kier molecular flexibility index (Phi) is 4.80. The van der Waals surface area contributed by atoms with Crippen molar-refractivity contribution in [3.05, 3.63) is 35.3 Å². The van der Waals surface area contributed by atoms with Crippen LogP contribution in [0.1, 0.15) is 4.88 Å². The number of morpholine rings is 1. The van der Waals surface area contributed by atoms with E-state index in [4.69, 9.17) is 9.47 Å². The van der Waals surface area contributed by atoms with Crippen molar-refractivity contribution in [2.75, 3.05) is 46.5 Å². The van der Waals surface area contributed by atoms with Crippen LogP contribution in [0.5, 0.6) is 5.75 Å². The quantitative estimate of drug-likeness (QED) is 0.831. The van der Waals surface area contributed by atoms with Gasteiger partial charge in [0.1, 0.15) is 10.8 Å². The highest BCUT2D eigenvalue weighted by molar-refractivity contribution is 7.15. The Bertz CT molecular complexity index is 678. The van der Waals surface area contributed by atoms with Crippen LogP contribution in [0.3, 0.4) is 0 Å². The highest BCUT2D eigenvalue weighted by Gasteiger charge is 2.32. The Morgan fingerprint density at radius 1 is 1.25 bits per heavy atom. The number of likely N-dealkylation sites (tertiary alicyclic amines) is 1. The molecule has 0 amide bonds. The van der Waals surface area contributed by atoms with E-state index >= 15 is 0 Å². The zero-order valence-corrected chi connectivity index (χ0v) is 14.8. The molecule has 0 aliphatic carbocycles. The van der Waals surface area contributed by atoms with Gasteiger partial charge in [-0.1, -0.05) is 12.1 Å². The molecule has 2 fully saturated rings. The summed E-state index contributed by atoms with van der Waals surface area (Å²) in [6.07, 6.45) is 2.01. The van der Waals surface area contributed by atoms with E-state index in [0.29, 0.717) is 6.04 Å². The molecule has 0 bridgehead atoms. The zero-order valence-electron chi connectivity index (χ0n) is 14.0. The van der Waals surface area contributed by atoms with E-state index < -0.39 is 0 Å². The molecule has 0 unspecified atom stereocenters. The third-order valence-corrected chi connectivity index (χ3v) is 5.79. The molecule has 3 heterocycles. The molecule has 5 nitrogen and oxygen atoms in total. The van der Waals surface area contributed by atoms with Gasteiger partial charge in [-0.05, 0) is 12.1 Å². The van der Waals surface area contributed by atoms with Crippen molar-refractivity contribution in [1.82, 2.24) is 14.8 Å². The molecule has 1 aromatic heterocycles. The first-order valence-corrected chi connectivity index (χ1v) is 9.27. The number of benzene rings is 1. The van der Waals surface area contributed by atoms with Gasteiger partial charge < -0.3 is 9.47 Å². The molecular weight excluding hydrogens is 322 g/mol. The molecule has 24 heavy (non-hydrogen) atoms. The van der Waals surface area contributed by atoms with Gasteiger partial charge in [0.25, 0.3) is 0 Å². The van der Waals surface area contributed by atoms with Crippen LogP contribution in [-0.2, 0) is 11.3 Å². The van der Waals surface area contributed by atoms with Gasteiger partial charge >= 0.3 is 0 Å². The number of hydrogen-bond donors (Lipinski definition) is 0. The summed E-state index contributed by atoms with van der Waals surface area (Å²) in [7, 11) is 1.71. The molecule has 0 saturated carbocycles. The Balaban J connectivity index is 1.35. The van der Waals surface area contributed by atoms with Crippen LogP contribution < -0.4 is 4.74 Å². The van der Waals surface area contributed by atoms with Gasteiger partial charge in [-0.25, -0.2) is 4.98 Å². The second kappa shape index (κ2) is 7.19. The lowest BCUT2D eigenvalue weighted by atomic mass is 10.1. The second-order valence-electron chi connectivity index (χ2n) is 6.33. The Morgan fingerprint density at radius 2 is 2.04 bits per heavy atom. The van der Waals surface area contributed by atoms with Crippen LogP contribution in [0.2, 0.25) is 0 Å². The van der Waals surface area contributed by atoms with Crippen LogP contribution >= 0.6 is 11.3 Å². The molecule has 0 spiro atoms. The molecule has 0 N–H and O–H groups in total. The monoisotopic (exact) mass is 345 g/mol. The highest BCUT2D eigenvalue weighted by Crippen LogP contribution is 2.33. The number of para-hydroxylation sites is 1. The third-order valence-electron chi connectivity index (χ3n) is 4.77. The maximum Gasteiger partial charge on any atom is 0.129 e. The van der Waals surface area contributed by atoms with Crippen molar-refractivity contribution in [3.63, 3.8) is 0 Å². The molecular formula is C18H23N3O2S. The van der Waals surface area contributed by atoms with Gasteiger partial charge in [0.05, 0.1) is 25.9 Å². The number of rotatable bonds is 5. The minimum atomic E-state index is 0.704. The lowest BCUT2D eigenvalue weighted by molar-refractivity contribution is -0.0341. The summed E-state index contributed by atoms with van der Waals surface area (Å²) in [6, 6.07) is 8.78. The minimum absolute atomic E-state index is 0.704. The van der Waals surface area contributed by atoms with E-state index in [-0.39, 0.29) is 0 Å². The lowest BCUT2D eigenvalue weighted by Crippen LogP contribution is -2.60. The fraction of sp³-hybridized carbons (Fsp3) is 0.500. The summed E-state index contributed by atoms with van der Waals surface area (Å²) in [4.78, 5) is 11.0. The van der Waals surface area contributed by atoms with E-state index in [1.807, 2.05) is 24.4 Å². The van der Waals surface area contributed by atoms with E-state index in [2.05, 4.69) is 20.9 Å². The van der Waals surface area contributed by atoms with Crippen molar-refractivity contribution < 1.29 is 9.47 Å². The predicted molar refractivity (Wildman–Crippen MR) is 95.6 cm³/mol. The predicted octanol–water partition coefficient (Wildman–Crippen LogP) is 2.34. The topological polar surface area (TPSA) is 37.8 Å². The molecule has 2 aliphatic rings. The molecule has 1 aromatic carbocycles. The Labute approximate surface area is 146 Å². The van der Waals surface area contributed by atoms with Gasteiger partial charge in [-0.2, -0.15) is 0 Å². The Hall–Kier alpha value is -1.47. The summed E-state index contributed by atoms with van der Waals surface area (Å²) < 4.78 is 10.9. The van der Waals surface area contributed by atoms with Crippen LogP contribution in [-0.4, -0.2) is 67.3 Å². The molecule has 0 atom stereocenters. The van der Waals surface area contributed by atoms with Crippen molar-refractivity contribution >= 4 is 11.3 Å². The summed E-state index contributed by atoms with van der Waals surface area (Å²) in [5.41, 5.74) is 1.08. The number of methoxy groups -OCH3 is 1. The molecule has 128 valence electrons. The van der Waals surface area contributed by atoms with Crippen LogP contribution in [0, 0.1) is 0 Å². The maximum atomic E-state index is 5.44. The first-order chi connectivity index (χ1) is 11.8. The largest absolute Gasteiger partial charge is 0.496 e. The van der Waals surface area contributed by atoms with E-state index in [0.717, 1.165) is 62.3 Å². The number of aromatic nitrogens is 1. The summed E-state index contributed by atoms with van der Waals surface area (Å²) >= 11 is 1.76. The number of ether oxygens (including phenoxy) is 2. The third kappa shape index (κ3) is 3.32. The SMILES string of the molecule is COc1ccccc1-c1ncc(CN2CC(N3CCOCC3)C2)s1. The highest BCUT2D eigenvalue weighted by atomic mass is 32.1. The summed E-state index contributed by atoms with van der Waals surface area (Å²) in [5.74, 6) is 0.884. The molecule has 4 rings (SSSR count). The Morgan fingerprint density at radius 3 is 2.83 bits per heavy atom. The van der Waals surface area contributed by atoms with Crippen molar-refractivity contribution in [2.45, 2.75) is 12.6 Å². The second-order valence-corrected chi connectivity index (χ2v) is 7.44. The molecule has 6 heteroatoms. The summed E-state index contributed by atoms with van der Waals surface area (Å²) in [6.45, 7) is 7.23. The first kappa shape index (κ1) is 16.0. The van der Waals surface area contributed by atoms with E-state index in [1.165, 1.54) is 4.88 Å². The fourth-order valence-electron chi connectivity index (χ4n) is 3.39. The molecule has 0 radical (unpaired) electrons. The number of thiazole rings is 1.